The van der Waals surface area contributed by atoms with Gasteiger partial charge in [0.1, 0.15) is 11.9 Å². The third-order valence-electron chi connectivity index (χ3n) is 4.49. The second kappa shape index (κ2) is 5.81. The number of hydrogen-bond acceptors (Lipinski definition) is 5. The van der Waals surface area contributed by atoms with Crippen LogP contribution in [0.3, 0.4) is 0 Å². The van der Waals surface area contributed by atoms with E-state index in [0.717, 1.165) is 25.7 Å². The van der Waals surface area contributed by atoms with Crippen LogP contribution in [0.1, 0.15) is 43.3 Å². The van der Waals surface area contributed by atoms with Gasteiger partial charge in [-0.1, -0.05) is 12.8 Å². The van der Waals surface area contributed by atoms with E-state index in [2.05, 4.69) is 9.97 Å². The maximum absolute atomic E-state index is 12.7. The van der Waals surface area contributed by atoms with Crippen molar-refractivity contribution >= 4 is 5.91 Å². The molecule has 1 atom stereocenters. The number of aromatic nitrogens is 2. The molecular formula is C15H22N4O3. The highest BCUT2D eigenvalue weighted by atomic mass is 16.5. The molecule has 1 aliphatic heterocycles. The van der Waals surface area contributed by atoms with Crippen molar-refractivity contribution in [3.63, 3.8) is 0 Å². The molecule has 0 spiro atoms. The molecule has 3 N–H and O–H groups in total. The summed E-state index contributed by atoms with van der Waals surface area (Å²) in [6.07, 6.45) is 3.13. The van der Waals surface area contributed by atoms with Gasteiger partial charge in [0.15, 0.2) is 0 Å². The third-order valence-corrected chi connectivity index (χ3v) is 4.49. The standard InChI is InChI=1S/C15H22N4O3/c1-10-17-11(8-13(20)18-10)12-9-19(6-7-22-12)14(21)15(16)4-2-3-5-15/h8,12H,2-7,9,16H2,1H3,(H,17,18,20). The lowest BCUT2D eigenvalue weighted by molar-refractivity contribution is -0.144. The highest BCUT2D eigenvalue weighted by molar-refractivity contribution is 5.86. The number of carbonyl (C=O) groups excluding carboxylic acids is 1. The summed E-state index contributed by atoms with van der Waals surface area (Å²) in [5, 5.41) is 0. The molecule has 1 amide bonds. The van der Waals surface area contributed by atoms with Crippen LogP contribution in [0, 0.1) is 6.92 Å². The molecule has 2 fully saturated rings. The predicted molar refractivity (Wildman–Crippen MR) is 80.3 cm³/mol. The molecule has 2 heterocycles. The minimum atomic E-state index is -0.723. The quantitative estimate of drug-likeness (QED) is 0.815. The zero-order valence-electron chi connectivity index (χ0n) is 12.8. The Balaban J connectivity index is 1.76. The summed E-state index contributed by atoms with van der Waals surface area (Å²) in [7, 11) is 0. The number of aryl methyl sites for hydroxylation is 1. The van der Waals surface area contributed by atoms with Gasteiger partial charge in [-0.3, -0.25) is 9.59 Å². The Bertz CT molecular complexity index is 621. The Morgan fingerprint density at radius 1 is 1.50 bits per heavy atom. The molecular weight excluding hydrogens is 284 g/mol. The van der Waals surface area contributed by atoms with E-state index in [1.807, 2.05) is 0 Å². The second-order valence-electron chi connectivity index (χ2n) is 6.23. The first kappa shape index (κ1) is 15.2. The van der Waals surface area contributed by atoms with Crippen molar-refractivity contribution in [2.24, 2.45) is 5.73 Å². The van der Waals surface area contributed by atoms with E-state index in [1.54, 1.807) is 11.8 Å². The molecule has 1 aliphatic carbocycles. The van der Waals surface area contributed by atoms with Crippen molar-refractivity contribution in [2.75, 3.05) is 19.7 Å². The lowest BCUT2D eigenvalue weighted by atomic mass is 9.96. The molecule has 2 aliphatic rings. The summed E-state index contributed by atoms with van der Waals surface area (Å²) in [5.41, 5.74) is 5.90. The molecule has 120 valence electrons. The second-order valence-corrected chi connectivity index (χ2v) is 6.23. The van der Waals surface area contributed by atoms with Crippen LogP contribution in [-0.4, -0.2) is 46.0 Å². The lowest BCUT2D eigenvalue weighted by Crippen LogP contribution is -2.56. The molecule has 22 heavy (non-hydrogen) atoms. The molecule has 1 unspecified atom stereocenters. The number of hydrogen-bond donors (Lipinski definition) is 2. The van der Waals surface area contributed by atoms with Gasteiger partial charge in [-0.25, -0.2) is 4.98 Å². The lowest BCUT2D eigenvalue weighted by Gasteiger charge is -2.37. The van der Waals surface area contributed by atoms with Crippen LogP contribution in [0.25, 0.3) is 0 Å². The average molecular weight is 306 g/mol. The van der Waals surface area contributed by atoms with Crippen molar-refractivity contribution in [2.45, 2.75) is 44.2 Å². The summed E-state index contributed by atoms with van der Waals surface area (Å²) in [4.78, 5) is 33.0. The molecule has 0 aromatic carbocycles. The molecule has 7 heteroatoms. The van der Waals surface area contributed by atoms with Crippen LogP contribution in [0.4, 0.5) is 0 Å². The SMILES string of the molecule is Cc1nc(C2CN(C(=O)C3(N)CCCC3)CCO2)cc(=O)[nH]1. The highest BCUT2D eigenvalue weighted by Crippen LogP contribution is 2.30. The van der Waals surface area contributed by atoms with E-state index in [-0.39, 0.29) is 17.6 Å². The van der Waals surface area contributed by atoms with Gasteiger partial charge >= 0.3 is 0 Å². The van der Waals surface area contributed by atoms with Crippen LogP contribution >= 0.6 is 0 Å². The van der Waals surface area contributed by atoms with Gasteiger partial charge in [-0.2, -0.15) is 0 Å². The number of aromatic amines is 1. The van der Waals surface area contributed by atoms with Crippen LogP contribution in [0.2, 0.25) is 0 Å². The van der Waals surface area contributed by atoms with E-state index in [9.17, 15) is 9.59 Å². The number of H-pyrrole nitrogens is 1. The van der Waals surface area contributed by atoms with Crippen molar-refractivity contribution in [1.82, 2.24) is 14.9 Å². The zero-order chi connectivity index (χ0) is 15.7. The van der Waals surface area contributed by atoms with E-state index in [4.69, 9.17) is 10.5 Å². The number of amides is 1. The monoisotopic (exact) mass is 306 g/mol. The minimum absolute atomic E-state index is 0.000127. The molecule has 1 aromatic rings. The molecule has 3 rings (SSSR count). The Morgan fingerprint density at radius 2 is 2.23 bits per heavy atom. The number of nitrogens with one attached hydrogen (secondary N) is 1. The number of nitrogens with two attached hydrogens (primary N) is 1. The number of rotatable bonds is 2. The largest absolute Gasteiger partial charge is 0.368 e. The molecule has 7 nitrogen and oxygen atoms in total. The van der Waals surface area contributed by atoms with Crippen LogP contribution < -0.4 is 11.3 Å². The fourth-order valence-electron chi connectivity index (χ4n) is 3.31. The number of ether oxygens (including phenoxy) is 1. The molecule has 1 saturated carbocycles. The normalized spacial score (nSPS) is 24.5. The Kier molecular flexibility index (Phi) is 4.01. The van der Waals surface area contributed by atoms with Gasteiger partial charge in [-0.15, -0.1) is 0 Å². The summed E-state index contributed by atoms with van der Waals surface area (Å²) in [6.45, 7) is 3.09. The van der Waals surface area contributed by atoms with Gasteiger partial charge in [0, 0.05) is 12.6 Å². The summed E-state index contributed by atoms with van der Waals surface area (Å²) in [6, 6.07) is 1.43. The Morgan fingerprint density at radius 3 is 2.91 bits per heavy atom. The van der Waals surface area contributed by atoms with Gasteiger partial charge in [0.25, 0.3) is 5.56 Å². The van der Waals surface area contributed by atoms with E-state index < -0.39 is 5.54 Å². The first-order valence-corrected chi connectivity index (χ1v) is 7.76. The van der Waals surface area contributed by atoms with E-state index in [0.29, 0.717) is 31.2 Å². The van der Waals surface area contributed by atoms with E-state index in [1.165, 1.54) is 6.07 Å². The fraction of sp³-hybridized carbons (Fsp3) is 0.667. The fourth-order valence-corrected chi connectivity index (χ4v) is 3.31. The average Bonchev–Trinajstić information content (AvgIpc) is 2.94. The molecule has 1 aromatic heterocycles. The van der Waals surface area contributed by atoms with Crippen molar-refractivity contribution in [3.05, 3.63) is 27.9 Å². The van der Waals surface area contributed by atoms with Gasteiger partial charge in [-0.05, 0) is 19.8 Å². The van der Waals surface area contributed by atoms with Crippen molar-refractivity contribution < 1.29 is 9.53 Å². The first-order valence-electron chi connectivity index (χ1n) is 7.76. The van der Waals surface area contributed by atoms with Gasteiger partial charge < -0.3 is 20.4 Å². The molecule has 0 bridgehead atoms. The van der Waals surface area contributed by atoms with Gasteiger partial charge in [0.2, 0.25) is 5.91 Å². The van der Waals surface area contributed by atoms with Crippen molar-refractivity contribution in [1.29, 1.82) is 0 Å². The van der Waals surface area contributed by atoms with Crippen LogP contribution in [-0.2, 0) is 9.53 Å². The van der Waals surface area contributed by atoms with Gasteiger partial charge in [0.05, 0.1) is 24.4 Å². The summed E-state index contributed by atoms with van der Waals surface area (Å²) >= 11 is 0. The maximum atomic E-state index is 12.7. The summed E-state index contributed by atoms with van der Waals surface area (Å²) < 4.78 is 5.70. The van der Waals surface area contributed by atoms with Crippen LogP contribution in [0.5, 0.6) is 0 Å². The number of morpholine rings is 1. The number of carbonyl (C=O) groups is 1. The smallest absolute Gasteiger partial charge is 0.251 e. The summed E-state index contributed by atoms with van der Waals surface area (Å²) in [5.74, 6) is 0.542. The van der Waals surface area contributed by atoms with Crippen molar-refractivity contribution in [3.8, 4) is 0 Å². The zero-order valence-corrected chi connectivity index (χ0v) is 12.8. The minimum Gasteiger partial charge on any atom is -0.368 e. The Hall–Kier alpha value is -1.73. The van der Waals surface area contributed by atoms with Crippen LogP contribution in [0.15, 0.2) is 10.9 Å². The predicted octanol–water partition coefficient (Wildman–Crippen LogP) is 0.250. The maximum Gasteiger partial charge on any atom is 0.251 e. The Labute approximate surface area is 128 Å². The molecule has 1 saturated heterocycles. The first-order chi connectivity index (χ1) is 10.5. The topological polar surface area (TPSA) is 101 Å². The highest BCUT2D eigenvalue weighted by Gasteiger charge is 2.41. The van der Waals surface area contributed by atoms with E-state index >= 15 is 0 Å². The third kappa shape index (κ3) is 2.91. The molecule has 0 radical (unpaired) electrons. The number of nitrogens with zero attached hydrogens (tertiary/aromatic N) is 2.